The first kappa shape index (κ1) is 19.3. The SMILES string of the molecule is CCCn1c(Sc2ncc([N+](=O)[O-])c(NC3CC3)n2)nnc1-c1cccc(C)c1. The third-order valence-corrected chi connectivity index (χ3v) is 5.35. The van der Waals surface area contributed by atoms with Gasteiger partial charge in [-0.1, -0.05) is 30.7 Å². The van der Waals surface area contributed by atoms with E-state index in [-0.39, 0.29) is 17.5 Å². The maximum atomic E-state index is 11.3. The fourth-order valence-corrected chi connectivity index (χ4v) is 3.71. The fraction of sp³-hybridized carbons (Fsp3) is 0.368. The average molecular weight is 411 g/mol. The summed E-state index contributed by atoms with van der Waals surface area (Å²) in [5.41, 5.74) is 2.03. The van der Waals surface area contributed by atoms with Crippen molar-refractivity contribution in [3.05, 3.63) is 46.1 Å². The standard InChI is InChI=1S/C19H21N7O2S/c1-3-9-25-17(13-6-4-5-12(2)10-13)23-24-19(25)29-18-20-11-15(26(27)28)16(22-18)21-14-7-8-14/h4-6,10-11,14H,3,7-9H2,1-2H3,(H,20,21,22). The smallest absolute Gasteiger partial charge is 0.329 e. The van der Waals surface area contributed by atoms with E-state index in [4.69, 9.17) is 0 Å². The van der Waals surface area contributed by atoms with Crippen LogP contribution in [0.3, 0.4) is 0 Å². The molecule has 29 heavy (non-hydrogen) atoms. The van der Waals surface area contributed by atoms with E-state index in [0.29, 0.717) is 10.3 Å². The minimum atomic E-state index is -0.464. The van der Waals surface area contributed by atoms with Crippen molar-refractivity contribution in [2.45, 2.75) is 56.0 Å². The molecule has 1 N–H and O–H groups in total. The first-order valence-electron chi connectivity index (χ1n) is 9.51. The van der Waals surface area contributed by atoms with Gasteiger partial charge in [-0.25, -0.2) is 4.98 Å². The lowest BCUT2D eigenvalue weighted by Crippen LogP contribution is -2.08. The lowest BCUT2D eigenvalue weighted by molar-refractivity contribution is -0.384. The van der Waals surface area contributed by atoms with Gasteiger partial charge in [-0.2, -0.15) is 4.98 Å². The molecule has 3 aromatic rings. The van der Waals surface area contributed by atoms with Crippen molar-refractivity contribution in [3.63, 3.8) is 0 Å². The maximum Gasteiger partial charge on any atom is 0.329 e. The molecule has 4 rings (SSSR count). The van der Waals surface area contributed by atoms with Crippen LogP contribution in [0.1, 0.15) is 31.7 Å². The van der Waals surface area contributed by atoms with Crippen LogP contribution in [0.15, 0.2) is 40.8 Å². The van der Waals surface area contributed by atoms with Crippen molar-refractivity contribution in [1.82, 2.24) is 24.7 Å². The van der Waals surface area contributed by atoms with Crippen LogP contribution in [0.2, 0.25) is 0 Å². The first-order valence-corrected chi connectivity index (χ1v) is 10.3. The summed E-state index contributed by atoms with van der Waals surface area (Å²) in [7, 11) is 0. The second-order valence-electron chi connectivity index (χ2n) is 6.99. The van der Waals surface area contributed by atoms with Gasteiger partial charge in [0.25, 0.3) is 0 Å². The van der Waals surface area contributed by atoms with E-state index < -0.39 is 4.92 Å². The number of nitrogens with one attached hydrogen (secondary N) is 1. The normalized spacial score (nSPS) is 13.4. The molecule has 1 aromatic carbocycles. The molecular weight excluding hydrogens is 390 g/mol. The van der Waals surface area contributed by atoms with Crippen LogP contribution in [0.5, 0.6) is 0 Å². The Morgan fingerprint density at radius 2 is 2.17 bits per heavy atom. The van der Waals surface area contributed by atoms with Gasteiger partial charge in [-0.05, 0) is 44.0 Å². The van der Waals surface area contributed by atoms with Gasteiger partial charge in [0.15, 0.2) is 16.1 Å². The van der Waals surface area contributed by atoms with Crippen LogP contribution in [0.4, 0.5) is 11.5 Å². The molecule has 0 amide bonds. The molecule has 2 aromatic heterocycles. The molecule has 1 aliphatic rings. The number of benzene rings is 1. The third kappa shape index (κ3) is 4.37. The van der Waals surface area contributed by atoms with Crippen molar-refractivity contribution in [3.8, 4) is 11.4 Å². The van der Waals surface area contributed by atoms with Gasteiger partial charge in [0.05, 0.1) is 4.92 Å². The summed E-state index contributed by atoms with van der Waals surface area (Å²) in [6.07, 6.45) is 4.16. The first-order chi connectivity index (χ1) is 14.0. The molecule has 0 radical (unpaired) electrons. The molecule has 1 saturated carbocycles. The predicted molar refractivity (Wildman–Crippen MR) is 110 cm³/mol. The Morgan fingerprint density at radius 1 is 1.34 bits per heavy atom. The molecule has 0 saturated heterocycles. The Hall–Kier alpha value is -3.01. The van der Waals surface area contributed by atoms with Crippen LogP contribution >= 0.6 is 11.8 Å². The zero-order valence-electron chi connectivity index (χ0n) is 16.2. The largest absolute Gasteiger partial charge is 0.361 e. The number of anilines is 1. The van der Waals surface area contributed by atoms with Gasteiger partial charge in [0.1, 0.15) is 6.20 Å². The Labute approximate surface area is 172 Å². The van der Waals surface area contributed by atoms with Crippen molar-refractivity contribution in [2.75, 3.05) is 5.32 Å². The molecule has 0 spiro atoms. The third-order valence-electron chi connectivity index (χ3n) is 4.49. The number of rotatable bonds is 8. The van der Waals surface area contributed by atoms with E-state index >= 15 is 0 Å². The minimum absolute atomic E-state index is 0.114. The number of aryl methyl sites for hydroxylation is 1. The predicted octanol–water partition coefficient (Wildman–Crippen LogP) is 4.09. The monoisotopic (exact) mass is 411 g/mol. The van der Waals surface area contributed by atoms with E-state index in [1.165, 1.54) is 18.0 Å². The summed E-state index contributed by atoms with van der Waals surface area (Å²) in [5, 5.41) is 24.2. The Bertz CT molecular complexity index is 1050. The summed E-state index contributed by atoms with van der Waals surface area (Å²) in [5.74, 6) is 1.05. The van der Waals surface area contributed by atoms with Gasteiger partial charge in [-0.15, -0.1) is 10.2 Å². The van der Waals surface area contributed by atoms with Gasteiger partial charge in [-0.3, -0.25) is 10.1 Å². The highest BCUT2D eigenvalue weighted by molar-refractivity contribution is 7.99. The number of nitrogens with zero attached hydrogens (tertiary/aromatic N) is 6. The van der Waals surface area contributed by atoms with Crippen molar-refractivity contribution in [2.24, 2.45) is 0 Å². The topological polar surface area (TPSA) is 112 Å². The number of nitro groups is 1. The molecule has 2 heterocycles. The molecule has 9 nitrogen and oxygen atoms in total. The molecule has 1 fully saturated rings. The Balaban J connectivity index is 1.66. The van der Waals surface area contributed by atoms with E-state index in [1.54, 1.807) is 0 Å². The van der Waals surface area contributed by atoms with Crippen LogP contribution in [-0.4, -0.2) is 35.7 Å². The highest BCUT2D eigenvalue weighted by atomic mass is 32.2. The summed E-state index contributed by atoms with van der Waals surface area (Å²) in [4.78, 5) is 19.4. The van der Waals surface area contributed by atoms with Crippen molar-refractivity contribution < 1.29 is 4.92 Å². The van der Waals surface area contributed by atoms with Crippen LogP contribution in [0, 0.1) is 17.0 Å². The Kier molecular flexibility index (Phi) is 5.43. The zero-order chi connectivity index (χ0) is 20.4. The van der Waals surface area contributed by atoms with E-state index in [2.05, 4.69) is 38.5 Å². The van der Waals surface area contributed by atoms with Gasteiger partial charge >= 0.3 is 5.69 Å². The molecule has 0 unspecified atom stereocenters. The zero-order valence-corrected chi connectivity index (χ0v) is 17.0. The second kappa shape index (κ2) is 8.16. The lowest BCUT2D eigenvalue weighted by Gasteiger charge is -2.09. The summed E-state index contributed by atoms with van der Waals surface area (Å²) < 4.78 is 2.04. The van der Waals surface area contributed by atoms with Crippen molar-refractivity contribution >= 4 is 23.3 Å². The number of aromatic nitrogens is 5. The molecule has 0 atom stereocenters. The van der Waals surface area contributed by atoms with Crippen LogP contribution < -0.4 is 5.32 Å². The molecule has 10 heteroatoms. The fourth-order valence-electron chi connectivity index (χ4n) is 2.94. The van der Waals surface area contributed by atoms with E-state index in [0.717, 1.165) is 42.8 Å². The van der Waals surface area contributed by atoms with Gasteiger partial charge in [0.2, 0.25) is 5.82 Å². The molecule has 1 aliphatic carbocycles. The minimum Gasteiger partial charge on any atom is -0.361 e. The Morgan fingerprint density at radius 3 is 2.86 bits per heavy atom. The molecular formula is C19H21N7O2S. The molecule has 150 valence electrons. The van der Waals surface area contributed by atoms with Gasteiger partial charge < -0.3 is 9.88 Å². The number of hydrogen-bond donors (Lipinski definition) is 1. The highest BCUT2D eigenvalue weighted by Crippen LogP contribution is 2.33. The average Bonchev–Trinajstić information content (AvgIpc) is 3.42. The molecule has 0 bridgehead atoms. The van der Waals surface area contributed by atoms with E-state index in [9.17, 15) is 10.1 Å². The van der Waals surface area contributed by atoms with Crippen LogP contribution in [0.25, 0.3) is 11.4 Å². The number of hydrogen-bond acceptors (Lipinski definition) is 8. The summed E-state index contributed by atoms with van der Waals surface area (Å²) in [6, 6.07) is 8.37. The van der Waals surface area contributed by atoms with Crippen LogP contribution in [-0.2, 0) is 6.54 Å². The second-order valence-corrected chi connectivity index (χ2v) is 7.93. The lowest BCUT2D eigenvalue weighted by atomic mass is 10.1. The quantitative estimate of drug-likeness (QED) is 0.335. The molecule has 0 aliphatic heterocycles. The maximum absolute atomic E-state index is 11.3. The summed E-state index contributed by atoms with van der Waals surface area (Å²) in [6.45, 7) is 4.88. The van der Waals surface area contributed by atoms with Crippen molar-refractivity contribution in [1.29, 1.82) is 0 Å². The van der Waals surface area contributed by atoms with E-state index in [1.807, 2.05) is 29.7 Å². The van der Waals surface area contributed by atoms with Gasteiger partial charge in [0, 0.05) is 18.2 Å². The highest BCUT2D eigenvalue weighted by Gasteiger charge is 2.27. The summed E-state index contributed by atoms with van der Waals surface area (Å²) >= 11 is 1.26.